The number of benzene rings is 4. The first-order valence-electron chi connectivity index (χ1n) is 17.5. The molecule has 2 fully saturated rings. The molecule has 0 aliphatic carbocycles. The minimum absolute atomic E-state index is 0.0174. The van der Waals surface area contributed by atoms with Gasteiger partial charge in [0.15, 0.2) is 6.29 Å². The number of aliphatic hydroxyl groups excluding tert-OH is 1. The van der Waals surface area contributed by atoms with E-state index >= 15 is 0 Å². The van der Waals surface area contributed by atoms with Crippen molar-refractivity contribution in [3.05, 3.63) is 155 Å². The van der Waals surface area contributed by atoms with Gasteiger partial charge in [-0.2, -0.15) is 0 Å². The van der Waals surface area contributed by atoms with Crippen LogP contribution in [0.15, 0.2) is 133 Å². The molecule has 3 amide bonds. The minimum Gasteiger partial charge on any atom is -0.445 e. The van der Waals surface area contributed by atoms with E-state index in [-0.39, 0.29) is 44.3 Å². The lowest BCUT2D eigenvalue weighted by Gasteiger charge is -2.36. The molecule has 53 heavy (non-hydrogen) atoms. The van der Waals surface area contributed by atoms with Gasteiger partial charge < -0.3 is 24.6 Å². The van der Waals surface area contributed by atoms with Gasteiger partial charge >= 0.3 is 6.09 Å². The number of thioether (sulfide) groups is 1. The fourth-order valence-corrected chi connectivity index (χ4v) is 7.25. The van der Waals surface area contributed by atoms with Crippen LogP contribution < -0.4 is 5.32 Å². The number of imide groups is 1. The Morgan fingerprint density at radius 3 is 2.34 bits per heavy atom. The summed E-state index contributed by atoms with van der Waals surface area (Å²) in [6.45, 7) is 0.132. The summed E-state index contributed by atoms with van der Waals surface area (Å²) in [7, 11) is 0. The van der Waals surface area contributed by atoms with Crippen LogP contribution in [0.5, 0.6) is 0 Å². The highest BCUT2D eigenvalue weighted by atomic mass is 32.2. The summed E-state index contributed by atoms with van der Waals surface area (Å²) >= 11 is 1.65. The van der Waals surface area contributed by atoms with Crippen molar-refractivity contribution < 1.29 is 33.7 Å². The van der Waals surface area contributed by atoms with Crippen molar-refractivity contribution in [3.63, 3.8) is 0 Å². The summed E-state index contributed by atoms with van der Waals surface area (Å²) in [6, 6.07) is 37.6. The average molecular weight is 730 g/mol. The zero-order valence-corrected chi connectivity index (χ0v) is 29.7. The monoisotopic (exact) mass is 729 g/mol. The Morgan fingerprint density at radius 1 is 0.830 bits per heavy atom. The molecule has 2 aliphatic rings. The van der Waals surface area contributed by atoms with Crippen LogP contribution in [-0.4, -0.2) is 50.8 Å². The van der Waals surface area contributed by atoms with E-state index in [2.05, 4.69) is 10.3 Å². The Morgan fingerprint density at radius 2 is 1.58 bits per heavy atom. The number of amides is 3. The first-order valence-corrected chi connectivity index (χ1v) is 18.5. The maximum Gasteiger partial charge on any atom is 0.408 e. The summed E-state index contributed by atoms with van der Waals surface area (Å²) in [4.78, 5) is 44.0. The summed E-state index contributed by atoms with van der Waals surface area (Å²) in [5.74, 6) is -0.109. The molecule has 4 aromatic carbocycles. The van der Waals surface area contributed by atoms with Crippen LogP contribution in [0.25, 0.3) is 11.1 Å². The summed E-state index contributed by atoms with van der Waals surface area (Å²) in [5, 5.41) is 13.0. The molecule has 1 unspecified atom stereocenters. The summed E-state index contributed by atoms with van der Waals surface area (Å²) in [5.41, 5.74) is 6.21. The molecule has 0 saturated carbocycles. The number of carbonyl (C=O) groups is 3. The Hall–Kier alpha value is -5.33. The molecule has 0 radical (unpaired) electrons. The second-order valence-electron chi connectivity index (χ2n) is 12.9. The predicted octanol–water partition coefficient (Wildman–Crippen LogP) is 7.13. The molecule has 11 heteroatoms. The highest BCUT2D eigenvalue weighted by Crippen LogP contribution is 2.40. The van der Waals surface area contributed by atoms with Gasteiger partial charge in [-0.1, -0.05) is 103 Å². The zero-order valence-electron chi connectivity index (χ0n) is 28.9. The third-order valence-electron chi connectivity index (χ3n) is 9.20. The highest BCUT2D eigenvalue weighted by molar-refractivity contribution is 7.99. The van der Waals surface area contributed by atoms with Crippen molar-refractivity contribution in [1.29, 1.82) is 0 Å². The van der Waals surface area contributed by atoms with Crippen molar-refractivity contribution in [2.75, 3.05) is 5.75 Å². The average Bonchev–Trinajstić information content (AvgIpc) is 3.47. The normalized spacial score (nSPS) is 20.0. The number of hydrogen-bond acceptors (Lipinski definition) is 9. The number of pyridine rings is 1. The van der Waals surface area contributed by atoms with E-state index in [1.807, 2.05) is 121 Å². The zero-order chi connectivity index (χ0) is 36.6. The maximum atomic E-state index is 13.1. The van der Waals surface area contributed by atoms with E-state index < -0.39 is 24.3 Å². The molecular weight excluding hydrogens is 691 g/mol. The number of carbonyl (C=O) groups excluding carboxylic acids is 3. The molecule has 0 spiro atoms. The standard InChI is InChI=1S/C42H39N3O7S/c46-25-28-12-14-32(15-13-28)37-22-35(27-53-38-11-4-5-20-43-38)51-41(52-37)33-18-16-31(17-19-33)34-10-6-9-30(21-34)24-45-39(47)23-36(40(45)48)44-42(49)50-26-29-7-2-1-3-8-29/h1-21,35-37,41,46H,22-27H2,(H,44,49)/t35-,36?,37+,41+/m0/s1. The molecule has 7 rings (SSSR count). The second kappa shape index (κ2) is 17.0. The molecule has 3 heterocycles. The van der Waals surface area contributed by atoms with E-state index in [9.17, 15) is 19.5 Å². The molecule has 5 aromatic rings. The van der Waals surface area contributed by atoms with Crippen LogP contribution >= 0.6 is 11.8 Å². The SMILES string of the molecule is O=C(NC1CC(=O)N(Cc2cccc(-c3ccc([C@@H]4O[C@H](CSc5ccccn5)C[C@H](c5ccc(CO)cc5)O4)cc3)c2)C1=O)OCc1ccccc1. The third-order valence-corrected chi connectivity index (χ3v) is 10.3. The topological polar surface area (TPSA) is 127 Å². The van der Waals surface area contributed by atoms with Crippen LogP contribution in [0.4, 0.5) is 4.79 Å². The minimum atomic E-state index is -0.974. The number of ether oxygens (including phenoxy) is 3. The fourth-order valence-electron chi connectivity index (χ4n) is 6.37. The van der Waals surface area contributed by atoms with Gasteiger partial charge in [0.2, 0.25) is 5.91 Å². The molecule has 0 bridgehead atoms. The largest absolute Gasteiger partial charge is 0.445 e. The van der Waals surface area contributed by atoms with Gasteiger partial charge in [0.05, 0.1) is 36.8 Å². The predicted molar refractivity (Wildman–Crippen MR) is 199 cm³/mol. The summed E-state index contributed by atoms with van der Waals surface area (Å²) < 4.78 is 18.3. The smallest absolute Gasteiger partial charge is 0.408 e. The van der Waals surface area contributed by atoms with Crippen molar-refractivity contribution in [1.82, 2.24) is 15.2 Å². The first-order chi connectivity index (χ1) is 25.9. The quantitative estimate of drug-likeness (QED) is 0.102. The number of aromatic nitrogens is 1. The Bertz CT molecular complexity index is 2010. The third kappa shape index (κ3) is 9.19. The van der Waals surface area contributed by atoms with Gasteiger partial charge in [0.1, 0.15) is 12.6 Å². The molecular formula is C42H39N3O7S. The van der Waals surface area contributed by atoms with Gasteiger partial charge in [-0.05, 0) is 51.6 Å². The van der Waals surface area contributed by atoms with E-state index in [1.165, 1.54) is 4.90 Å². The number of aliphatic hydroxyl groups is 1. The lowest BCUT2D eigenvalue weighted by atomic mass is 9.99. The number of hydrogen-bond donors (Lipinski definition) is 2. The van der Waals surface area contributed by atoms with Gasteiger partial charge in [-0.3, -0.25) is 14.5 Å². The number of nitrogens with one attached hydrogen (secondary N) is 1. The maximum absolute atomic E-state index is 13.1. The number of likely N-dealkylation sites (tertiary alicyclic amines) is 1. The number of nitrogens with zero attached hydrogens (tertiary/aromatic N) is 2. The van der Waals surface area contributed by atoms with Gasteiger partial charge in [-0.25, -0.2) is 9.78 Å². The van der Waals surface area contributed by atoms with Crippen molar-refractivity contribution in [2.45, 2.75) is 62.2 Å². The molecule has 4 atom stereocenters. The second-order valence-corrected chi connectivity index (χ2v) is 14.0. The molecule has 2 N–H and O–H groups in total. The molecule has 2 saturated heterocycles. The molecule has 10 nitrogen and oxygen atoms in total. The number of rotatable bonds is 12. The number of alkyl carbamates (subject to hydrolysis) is 1. The van der Waals surface area contributed by atoms with E-state index in [4.69, 9.17) is 14.2 Å². The Balaban J connectivity index is 0.998. The van der Waals surface area contributed by atoms with Crippen LogP contribution in [0.3, 0.4) is 0 Å². The van der Waals surface area contributed by atoms with Gasteiger partial charge in [-0.15, -0.1) is 11.8 Å². The first kappa shape index (κ1) is 36.0. The van der Waals surface area contributed by atoms with Crippen LogP contribution in [0.2, 0.25) is 0 Å². The summed E-state index contributed by atoms with van der Waals surface area (Å²) in [6.07, 6.45) is 0.711. The van der Waals surface area contributed by atoms with Crippen LogP contribution in [0, 0.1) is 0 Å². The van der Waals surface area contributed by atoms with Crippen molar-refractivity contribution in [2.24, 2.45) is 0 Å². The van der Waals surface area contributed by atoms with Crippen molar-refractivity contribution in [3.8, 4) is 11.1 Å². The fraction of sp³-hybridized carbons (Fsp3) is 0.238. The van der Waals surface area contributed by atoms with E-state index in [0.717, 1.165) is 44.0 Å². The van der Waals surface area contributed by atoms with Gasteiger partial charge in [0.25, 0.3) is 5.91 Å². The molecule has 1 aromatic heterocycles. The van der Waals surface area contributed by atoms with Crippen molar-refractivity contribution >= 4 is 29.7 Å². The lowest BCUT2D eigenvalue weighted by molar-refractivity contribution is -0.245. The van der Waals surface area contributed by atoms with Crippen LogP contribution in [-0.2, 0) is 43.6 Å². The Labute approximate surface area is 312 Å². The Kier molecular flexibility index (Phi) is 11.6. The highest BCUT2D eigenvalue weighted by Gasteiger charge is 2.40. The van der Waals surface area contributed by atoms with Crippen LogP contribution in [0.1, 0.15) is 53.1 Å². The van der Waals surface area contributed by atoms with E-state index in [0.29, 0.717) is 12.2 Å². The van der Waals surface area contributed by atoms with Gasteiger partial charge in [0, 0.05) is 23.9 Å². The lowest BCUT2D eigenvalue weighted by Crippen LogP contribution is -2.41. The molecule has 2 aliphatic heterocycles. The van der Waals surface area contributed by atoms with E-state index in [1.54, 1.807) is 18.0 Å². The molecule has 270 valence electrons.